The average Bonchev–Trinajstić information content (AvgIpc) is 2.29. The van der Waals surface area contributed by atoms with Crippen LogP contribution >= 0.6 is 0 Å². The molecule has 1 aromatic rings. The molecule has 1 rings (SSSR count). The zero-order valence-electron chi connectivity index (χ0n) is 9.73. The first-order valence-corrected chi connectivity index (χ1v) is 4.94. The van der Waals surface area contributed by atoms with Gasteiger partial charge in [-0.3, -0.25) is 4.79 Å². The van der Waals surface area contributed by atoms with Crippen LogP contribution in [0, 0.1) is 0 Å². The molecule has 1 aromatic heterocycles. The Bertz CT molecular complexity index is 354. The molecule has 0 aliphatic carbocycles. The lowest BCUT2D eigenvalue weighted by Gasteiger charge is -2.11. The van der Waals surface area contributed by atoms with Crippen LogP contribution in [0.4, 0.5) is 11.8 Å². The molecular weight excluding hydrogens is 208 g/mol. The molecule has 6 nitrogen and oxygen atoms in total. The zero-order chi connectivity index (χ0) is 12.0. The number of nitrogens with zero attached hydrogens (tertiary/aromatic N) is 3. The fourth-order valence-electron chi connectivity index (χ4n) is 1.06. The van der Waals surface area contributed by atoms with Gasteiger partial charge in [0.1, 0.15) is 5.82 Å². The van der Waals surface area contributed by atoms with Gasteiger partial charge in [0.15, 0.2) is 0 Å². The summed E-state index contributed by atoms with van der Waals surface area (Å²) in [6, 6.07) is 1.75. The van der Waals surface area contributed by atoms with Crippen molar-refractivity contribution in [3.05, 3.63) is 12.3 Å². The molecule has 16 heavy (non-hydrogen) atoms. The second-order valence-electron chi connectivity index (χ2n) is 3.39. The summed E-state index contributed by atoms with van der Waals surface area (Å²) in [6.07, 6.45) is 1.99. The van der Waals surface area contributed by atoms with Crippen molar-refractivity contribution >= 4 is 17.7 Å². The molecule has 6 heteroatoms. The number of methoxy groups -OCH3 is 1. The minimum Gasteiger partial charge on any atom is -0.469 e. The van der Waals surface area contributed by atoms with E-state index in [0.717, 1.165) is 0 Å². The van der Waals surface area contributed by atoms with Crippen molar-refractivity contribution in [1.82, 2.24) is 9.97 Å². The van der Waals surface area contributed by atoms with Gasteiger partial charge < -0.3 is 15.0 Å². The molecule has 0 aliphatic rings. The summed E-state index contributed by atoms with van der Waals surface area (Å²) in [5.41, 5.74) is 0. The molecule has 0 amide bonds. The van der Waals surface area contributed by atoms with Gasteiger partial charge in [0.2, 0.25) is 5.95 Å². The Morgan fingerprint density at radius 1 is 1.56 bits per heavy atom. The third-order valence-electron chi connectivity index (χ3n) is 1.91. The molecule has 0 atom stereocenters. The lowest BCUT2D eigenvalue weighted by molar-refractivity contribution is -0.140. The topological polar surface area (TPSA) is 67.3 Å². The highest BCUT2D eigenvalue weighted by molar-refractivity contribution is 5.69. The Hall–Kier alpha value is -1.85. The lowest BCUT2D eigenvalue weighted by atomic mass is 10.4. The summed E-state index contributed by atoms with van der Waals surface area (Å²) >= 11 is 0. The summed E-state index contributed by atoms with van der Waals surface area (Å²) in [5.74, 6) is 1.08. The highest BCUT2D eigenvalue weighted by atomic mass is 16.5. The largest absolute Gasteiger partial charge is 0.469 e. The smallest absolute Gasteiger partial charge is 0.307 e. The van der Waals surface area contributed by atoms with Crippen molar-refractivity contribution in [3.8, 4) is 0 Å². The number of nitrogens with one attached hydrogen (secondary N) is 1. The maximum Gasteiger partial charge on any atom is 0.307 e. The van der Waals surface area contributed by atoms with Crippen LogP contribution in [0.25, 0.3) is 0 Å². The molecule has 0 unspecified atom stereocenters. The Balaban J connectivity index is 2.48. The van der Waals surface area contributed by atoms with Crippen molar-refractivity contribution in [1.29, 1.82) is 0 Å². The van der Waals surface area contributed by atoms with Crippen LogP contribution in [-0.4, -0.2) is 43.7 Å². The number of ether oxygens (including phenoxy) is 1. The summed E-state index contributed by atoms with van der Waals surface area (Å²) in [6.45, 7) is 0.497. The van der Waals surface area contributed by atoms with Gasteiger partial charge in [0.25, 0.3) is 0 Å². The van der Waals surface area contributed by atoms with Crippen molar-refractivity contribution < 1.29 is 9.53 Å². The van der Waals surface area contributed by atoms with E-state index in [-0.39, 0.29) is 5.97 Å². The van der Waals surface area contributed by atoms with Crippen molar-refractivity contribution in [2.24, 2.45) is 0 Å². The maximum atomic E-state index is 10.9. The SMILES string of the molecule is COC(=O)CCNc1ccnc(N(C)C)n1. The normalized spacial score (nSPS) is 9.69. The molecule has 0 bridgehead atoms. The van der Waals surface area contributed by atoms with Gasteiger partial charge in [0.05, 0.1) is 13.5 Å². The van der Waals surface area contributed by atoms with Crippen LogP contribution in [0.1, 0.15) is 6.42 Å². The Morgan fingerprint density at radius 2 is 2.31 bits per heavy atom. The van der Waals surface area contributed by atoms with Crippen LogP contribution in [0.5, 0.6) is 0 Å². The summed E-state index contributed by atoms with van der Waals surface area (Å²) in [4.78, 5) is 21.0. The van der Waals surface area contributed by atoms with Crippen LogP contribution in [0.2, 0.25) is 0 Å². The summed E-state index contributed by atoms with van der Waals surface area (Å²) < 4.78 is 4.53. The number of carbonyl (C=O) groups is 1. The lowest BCUT2D eigenvalue weighted by Crippen LogP contribution is -2.15. The Kier molecular flexibility index (Phi) is 4.50. The summed E-state index contributed by atoms with van der Waals surface area (Å²) in [5, 5.41) is 3.03. The minimum atomic E-state index is -0.241. The fraction of sp³-hybridized carbons (Fsp3) is 0.500. The molecule has 0 saturated carbocycles. The number of carbonyl (C=O) groups excluding carboxylic acids is 1. The maximum absolute atomic E-state index is 10.9. The van der Waals surface area contributed by atoms with Crippen LogP contribution in [0.15, 0.2) is 12.3 Å². The van der Waals surface area contributed by atoms with Gasteiger partial charge in [0, 0.05) is 26.8 Å². The molecule has 0 saturated heterocycles. The minimum absolute atomic E-state index is 0.241. The molecule has 0 radical (unpaired) electrons. The molecule has 1 N–H and O–H groups in total. The number of hydrogen-bond donors (Lipinski definition) is 1. The van der Waals surface area contributed by atoms with E-state index in [1.807, 2.05) is 19.0 Å². The number of aromatic nitrogens is 2. The monoisotopic (exact) mass is 224 g/mol. The van der Waals surface area contributed by atoms with Gasteiger partial charge in [-0.2, -0.15) is 4.98 Å². The van der Waals surface area contributed by atoms with Gasteiger partial charge in [-0.25, -0.2) is 4.98 Å². The Labute approximate surface area is 94.6 Å². The molecule has 0 aliphatic heterocycles. The molecule has 0 fully saturated rings. The van der Waals surface area contributed by atoms with E-state index in [9.17, 15) is 4.79 Å². The van der Waals surface area contributed by atoms with Crippen molar-refractivity contribution in [2.45, 2.75) is 6.42 Å². The number of hydrogen-bond acceptors (Lipinski definition) is 6. The van der Waals surface area contributed by atoms with E-state index < -0.39 is 0 Å². The number of anilines is 2. The fourth-order valence-corrected chi connectivity index (χ4v) is 1.06. The second-order valence-corrected chi connectivity index (χ2v) is 3.39. The van der Waals surface area contributed by atoms with Gasteiger partial charge in [-0.1, -0.05) is 0 Å². The van der Waals surface area contributed by atoms with Crippen LogP contribution < -0.4 is 10.2 Å². The average molecular weight is 224 g/mol. The molecule has 1 heterocycles. The van der Waals surface area contributed by atoms with E-state index in [0.29, 0.717) is 24.7 Å². The van der Waals surface area contributed by atoms with Gasteiger partial charge in [-0.15, -0.1) is 0 Å². The van der Waals surface area contributed by atoms with Crippen LogP contribution in [0.3, 0.4) is 0 Å². The third kappa shape index (κ3) is 3.72. The number of esters is 1. The highest BCUT2D eigenvalue weighted by Gasteiger charge is 2.02. The van der Waals surface area contributed by atoms with Crippen molar-refractivity contribution in [3.63, 3.8) is 0 Å². The third-order valence-corrected chi connectivity index (χ3v) is 1.91. The van der Waals surface area contributed by atoms with E-state index in [1.54, 1.807) is 12.3 Å². The zero-order valence-corrected chi connectivity index (χ0v) is 9.73. The quantitative estimate of drug-likeness (QED) is 0.735. The first-order chi connectivity index (χ1) is 7.63. The van der Waals surface area contributed by atoms with E-state index in [4.69, 9.17) is 0 Å². The molecule has 0 aromatic carbocycles. The molecule has 88 valence electrons. The van der Waals surface area contributed by atoms with Crippen LogP contribution in [-0.2, 0) is 9.53 Å². The Morgan fingerprint density at radius 3 is 2.94 bits per heavy atom. The second kappa shape index (κ2) is 5.89. The van der Waals surface area contributed by atoms with Crippen molar-refractivity contribution in [2.75, 3.05) is 38.0 Å². The predicted molar refractivity (Wildman–Crippen MR) is 61.5 cm³/mol. The van der Waals surface area contributed by atoms with E-state index in [2.05, 4.69) is 20.0 Å². The molecule has 0 spiro atoms. The summed E-state index contributed by atoms with van der Waals surface area (Å²) in [7, 11) is 5.11. The standard InChI is InChI=1S/C10H16N4O2/c1-14(2)10-12-6-4-8(13-10)11-7-5-9(15)16-3/h4,6H,5,7H2,1-3H3,(H,11,12,13). The first-order valence-electron chi connectivity index (χ1n) is 4.94. The van der Waals surface area contributed by atoms with E-state index >= 15 is 0 Å². The van der Waals surface area contributed by atoms with Gasteiger partial charge >= 0.3 is 5.97 Å². The van der Waals surface area contributed by atoms with Gasteiger partial charge in [-0.05, 0) is 6.07 Å². The first kappa shape index (κ1) is 12.2. The number of rotatable bonds is 5. The predicted octanol–water partition coefficient (Wildman–Crippen LogP) is 0.518. The highest BCUT2D eigenvalue weighted by Crippen LogP contribution is 2.07. The van der Waals surface area contributed by atoms with E-state index in [1.165, 1.54) is 7.11 Å². The molecular formula is C10H16N4O2.